The van der Waals surface area contributed by atoms with Gasteiger partial charge in [-0.1, -0.05) is 18.6 Å². The Balaban J connectivity index is 0.860. The summed E-state index contributed by atoms with van der Waals surface area (Å²) in [5.41, 5.74) is 0.923. The molecule has 2 saturated heterocycles. The highest BCUT2D eigenvalue weighted by Crippen LogP contribution is 2.33. The van der Waals surface area contributed by atoms with Gasteiger partial charge in [0, 0.05) is 48.4 Å². The minimum atomic E-state index is -0.408. The highest BCUT2D eigenvalue weighted by Gasteiger charge is 2.42. The van der Waals surface area contributed by atoms with E-state index in [1.165, 1.54) is 6.07 Å². The largest absolute Gasteiger partial charge is 0.423 e. The molecular formula is C31H44N4O9S. The molecule has 4 N–H and O–H groups in total. The average Bonchev–Trinajstić information content (AvgIpc) is 3.58. The number of rotatable bonds is 22. The van der Waals surface area contributed by atoms with Crippen LogP contribution in [-0.4, -0.2) is 100 Å². The molecule has 0 radical (unpaired) electrons. The van der Waals surface area contributed by atoms with Gasteiger partial charge in [0.1, 0.15) is 5.58 Å². The molecule has 0 spiro atoms. The van der Waals surface area contributed by atoms with Crippen molar-refractivity contribution in [2.45, 2.75) is 56.0 Å². The summed E-state index contributed by atoms with van der Waals surface area (Å²) in [6.45, 7) is 4.04. The number of hydrogen-bond donors (Lipinski definition) is 4. The van der Waals surface area contributed by atoms with Crippen molar-refractivity contribution in [1.82, 2.24) is 21.3 Å². The molecular weight excluding hydrogens is 604 g/mol. The molecule has 2 aromatic rings. The van der Waals surface area contributed by atoms with Crippen LogP contribution in [0.2, 0.25) is 0 Å². The number of fused-ring (bicyclic) bond motifs is 2. The molecule has 4 rings (SSSR count). The maximum atomic E-state index is 12.0. The van der Waals surface area contributed by atoms with Crippen molar-refractivity contribution in [3.8, 4) is 0 Å². The molecule has 0 aliphatic carbocycles. The molecule has 1 aromatic heterocycles. The lowest BCUT2D eigenvalue weighted by molar-refractivity contribution is -0.122. The van der Waals surface area contributed by atoms with Crippen LogP contribution in [0.4, 0.5) is 4.79 Å². The van der Waals surface area contributed by atoms with E-state index in [4.69, 9.17) is 23.4 Å². The van der Waals surface area contributed by atoms with Gasteiger partial charge < -0.3 is 44.6 Å². The quantitative estimate of drug-likeness (QED) is 0.0839. The van der Waals surface area contributed by atoms with Crippen LogP contribution in [0.15, 0.2) is 39.5 Å². The molecule has 0 saturated carbocycles. The summed E-state index contributed by atoms with van der Waals surface area (Å²) in [6.07, 6.45) is 3.53. The molecule has 0 bridgehead atoms. The Kier molecular flexibility index (Phi) is 14.9. The van der Waals surface area contributed by atoms with Gasteiger partial charge in [-0.15, -0.1) is 0 Å². The van der Waals surface area contributed by atoms with Gasteiger partial charge in [-0.05, 0) is 30.5 Å². The van der Waals surface area contributed by atoms with E-state index in [9.17, 15) is 19.2 Å². The van der Waals surface area contributed by atoms with Gasteiger partial charge in [0.25, 0.3) is 0 Å². The van der Waals surface area contributed by atoms with Crippen molar-refractivity contribution >= 4 is 40.6 Å². The van der Waals surface area contributed by atoms with Crippen molar-refractivity contribution in [2.24, 2.45) is 0 Å². The number of hydrogen-bond acceptors (Lipinski definition) is 10. The number of unbranched alkanes of at least 4 members (excludes halogenated alkanes) is 1. The standard InChI is InChI=1S/C31H44N4O9S/c36-27(4-2-1-3-26-30-24(21-45-26)34-31(39)35-30)32-10-12-41-14-16-43-18-17-42-15-13-40-11-9-28(37)33-20-22-5-6-23-7-8-29(38)44-25(23)19-22/h5-8,19,24,26,30H,1-4,9-18,20-21H2,(H,32,36)(H,33,37)(H2,34,35,39). The zero-order valence-electron chi connectivity index (χ0n) is 25.5. The van der Waals surface area contributed by atoms with E-state index in [0.717, 1.165) is 36.0 Å². The van der Waals surface area contributed by atoms with Crippen LogP contribution in [0.3, 0.4) is 0 Å². The van der Waals surface area contributed by atoms with Crippen molar-refractivity contribution in [2.75, 3.05) is 65.2 Å². The van der Waals surface area contributed by atoms with Crippen LogP contribution in [0, 0.1) is 0 Å². The highest BCUT2D eigenvalue weighted by atomic mass is 32.2. The third-order valence-corrected chi connectivity index (χ3v) is 8.92. The number of benzene rings is 1. The monoisotopic (exact) mass is 648 g/mol. The summed E-state index contributed by atoms with van der Waals surface area (Å²) >= 11 is 1.89. The smallest absolute Gasteiger partial charge is 0.336 e. The Morgan fingerprint density at radius 2 is 1.51 bits per heavy atom. The average molecular weight is 649 g/mol. The Morgan fingerprint density at radius 1 is 0.822 bits per heavy atom. The lowest BCUT2D eigenvalue weighted by Gasteiger charge is -2.16. The molecule has 13 nitrogen and oxygen atoms in total. The van der Waals surface area contributed by atoms with Crippen LogP contribution in [0.1, 0.15) is 37.7 Å². The molecule has 2 aliphatic rings. The van der Waals surface area contributed by atoms with Crippen molar-refractivity contribution in [1.29, 1.82) is 0 Å². The zero-order chi connectivity index (χ0) is 31.7. The fourth-order valence-corrected chi connectivity index (χ4v) is 6.60. The maximum Gasteiger partial charge on any atom is 0.336 e. The second kappa shape index (κ2) is 19.4. The minimum Gasteiger partial charge on any atom is -0.423 e. The van der Waals surface area contributed by atoms with Crippen molar-refractivity contribution in [3.05, 3.63) is 46.3 Å². The number of ether oxygens (including phenoxy) is 4. The molecule has 3 unspecified atom stereocenters. The van der Waals surface area contributed by atoms with E-state index in [2.05, 4.69) is 21.3 Å². The summed E-state index contributed by atoms with van der Waals surface area (Å²) in [6, 6.07) is 8.94. The number of urea groups is 1. The normalized spacial score (nSPS) is 18.8. The van der Waals surface area contributed by atoms with E-state index in [0.29, 0.717) is 76.6 Å². The fourth-order valence-electron chi connectivity index (χ4n) is 5.06. The van der Waals surface area contributed by atoms with Gasteiger partial charge >= 0.3 is 11.7 Å². The van der Waals surface area contributed by atoms with Crippen LogP contribution in [-0.2, 0) is 35.1 Å². The summed E-state index contributed by atoms with van der Waals surface area (Å²) < 4.78 is 27.0. The Labute approximate surface area is 266 Å². The molecule has 2 fully saturated rings. The van der Waals surface area contributed by atoms with E-state index >= 15 is 0 Å². The predicted octanol–water partition coefficient (Wildman–Crippen LogP) is 1.71. The van der Waals surface area contributed by atoms with Crippen LogP contribution >= 0.6 is 11.8 Å². The first-order chi connectivity index (χ1) is 22.0. The Bertz CT molecular complexity index is 1290. The van der Waals surface area contributed by atoms with Crippen molar-refractivity contribution < 1.29 is 37.7 Å². The first-order valence-electron chi connectivity index (χ1n) is 15.5. The summed E-state index contributed by atoms with van der Waals surface area (Å²) in [5, 5.41) is 12.9. The SMILES string of the molecule is O=C(CCCCC1SCC2NC(=O)NC21)NCCOCCOCCOCCOCCC(=O)NCc1ccc2ccc(=O)oc2c1. The second-order valence-corrected chi connectivity index (χ2v) is 12.1. The fraction of sp³-hybridized carbons (Fsp3) is 0.613. The first kappa shape index (κ1) is 34.7. The van der Waals surface area contributed by atoms with Gasteiger partial charge in [0.15, 0.2) is 0 Å². The molecule has 4 amide bonds. The summed E-state index contributed by atoms with van der Waals surface area (Å²) in [7, 11) is 0. The molecule has 3 atom stereocenters. The molecule has 2 aliphatic heterocycles. The minimum absolute atomic E-state index is 0.0300. The van der Waals surface area contributed by atoms with E-state index in [1.807, 2.05) is 23.9 Å². The second-order valence-electron chi connectivity index (χ2n) is 10.8. The third-order valence-electron chi connectivity index (χ3n) is 7.42. The maximum absolute atomic E-state index is 12.0. The zero-order valence-corrected chi connectivity index (χ0v) is 26.3. The highest BCUT2D eigenvalue weighted by molar-refractivity contribution is 8.00. The predicted molar refractivity (Wildman–Crippen MR) is 169 cm³/mol. The van der Waals surface area contributed by atoms with E-state index in [-0.39, 0.29) is 43.0 Å². The van der Waals surface area contributed by atoms with Gasteiger partial charge in [-0.2, -0.15) is 11.8 Å². The summed E-state index contributed by atoms with van der Waals surface area (Å²) in [5.74, 6) is 0.850. The molecule has 1 aromatic carbocycles. The van der Waals surface area contributed by atoms with E-state index < -0.39 is 5.63 Å². The molecule has 45 heavy (non-hydrogen) atoms. The Morgan fingerprint density at radius 3 is 2.29 bits per heavy atom. The van der Waals surface area contributed by atoms with E-state index in [1.54, 1.807) is 12.1 Å². The lowest BCUT2D eigenvalue weighted by Crippen LogP contribution is -2.36. The lowest BCUT2D eigenvalue weighted by atomic mass is 10.0. The van der Waals surface area contributed by atoms with Gasteiger partial charge in [0.05, 0.1) is 64.9 Å². The molecule has 14 heteroatoms. The third kappa shape index (κ3) is 12.6. The van der Waals surface area contributed by atoms with Crippen LogP contribution in [0.25, 0.3) is 11.0 Å². The topological polar surface area (TPSA) is 166 Å². The first-order valence-corrected chi connectivity index (χ1v) is 16.6. The number of carbonyl (C=O) groups excluding carboxylic acids is 3. The molecule has 3 heterocycles. The number of carbonyl (C=O) groups is 3. The number of amides is 4. The Hall–Kier alpha value is -3.17. The van der Waals surface area contributed by atoms with Crippen molar-refractivity contribution in [3.63, 3.8) is 0 Å². The van der Waals surface area contributed by atoms with Gasteiger partial charge in [-0.25, -0.2) is 9.59 Å². The number of nitrogens with one attached hydrogen (secondary N) is 4. The van der Waals surface area contributed by atoms with Crippen LogP contribution < -0.4 is 26.9 Å². The number of thioether (sulfide) groups is 1. The molecule has 248 valence electrons. The summed E-state index contributed by atoms with van der Waals surface area (Å²) in [4.78, 5) is 46.9. The van der Waals surface area contributed by atoms with Gasteiger partial charge in [0.2, 0.25) is 11.8 Å². The van der Waals surface area contributed by atoms with Gasteiger partial charge in [-0.3, -0.25) is 9.59 Å². The van der Waals surface area contributed by atoms with Crippen LogP contribution in [0.5, 0.6) is 0 Å².